The van der Waals surface area contributed by atoms with Crippen LogP contribution in [0.2, 0.25) is 0 Å². The van der Waals surface area contributed by atoms with Gasteiger partial charge in [-0.05, 0) is 11.6 Å². The third kappa shape index (κ3) is 4.10. The maximum Gasteiger partial charge on any atom is 0.393 e. The van der Waals surface area contributed by atoms with Crippen LogP contribution in [0, 0.1) is 0 Å². The van der Waals surface area contributed by atoms with Crippen LogP contribution in [0.5, 0.6) is 0 Å². The number of rotatable bonds is 3. The summed E-state index contributed by atoms with van der Waals surface area (Å²) in [7, 11) is 0. The Hall–Kier alpha value is -1.23. The van der Waals surface area contributed by atoms with Gasteiger partial charge in [0, 0.05) is 5.69 Å². The number of hydrogen-bond acceptors (Lipinski definition) is 1. The van der Waals surface area contributed by atoms with Crippen molar-refractivity contribution in [3.63, 3.8) is 0 Å². The van der Waals surface area contributed by atoms with Crippen LogP contribution in [-0.4, -0.2) is 18.0 Å². The number of amides is 1. The van der Waals surface area contributed by atoms with Crippen molar-refractivity contribution >= 4 is 23.2 Å². The summed E-state index contributed by atoms with van der Waals surface area (Å²) >= 11 is 5.25. The lowest BCUT2D eigenvalue weighted by molar-refractivity contribution is -0.127. The first-order chi connectivity index (χ1) is 7.42. The van der Waals surface area contributed by atoms with Crippen LogP contribution in [0.15, 0.2) is 24.3 Å². The van der Waals surface area contributed by atoms with E-state index in [-0.39, 0.29) is 17.1 Å². The molecule has 0 saturated carbocycles. The summed E-state index contributed by atoms with van der Waals surface area (Å²) in [5, 5.41) is 2.31. The fourth-order valence-electron chi connectivity index (χ4n) is 1.20. The van der Waals surface area contributed by atoms with E-state index in [2.05, 4.69) is 5.32 Å². The SMILES string of the molecule is O=C(CCl)Nc1ccccc1CC(F)(F)F. The summed E-state index contributed by atoms with van der Waals surface area (Å²) in [6, 6.07) is 5.75. The Morgan fingerprint density at radius 3 is 2.50 bits per heavy atom. The summed E-state index contributed by atoms with van der Waals surface area (Å²) in [6.07, 6.45) is -5.38. The zero-order valence-electron chi connectivity index (χ0n) is 8.14. The number of alkyl halides is 4. The van der Waals surface area contributed by atoms with Crippen molar-refractivity contribution in [2.75, 3.05) is 11.2 Å². The molecule has 88 valence electrons. The number of para-hydroxylation sites is 1. The van der Waals surface area contributed by atoms with E-state index in [4.69, 9.17) is 11.6 Å². The van der Waals surface area contributed by atoms with Gasteiger partial charge in [-0.25, -0.2) is 0 Å². The second kappa shape index (κ2) is 5.21. The Morgan fingerprint density at radius 1 is 1.31 bits per heavy atom. The molecule has 6 heteroatoms. The van der Waals surface area contributed by atoms with E-state index in [9.17, 15) is 18.0 Å². The lowest BCUT2D eigenvalue weighted by Gasteiger charge is -2.11. The molecule has 0 aliphatic carbocycles. The third-order valence-electron chi connectivity index (χ3n) is 1.80. The number of carbonyl (C=O) groups excluding carboxylic acids is 1. The molecule has 1 aromatic carbocycles. The highest BCUT2D eigenvalue weighted by Crippen LogP contribution is 2.25. The topological polar surface area (TPSA) is 29.1 Å². The first-order valence-corrected chi connectivity index (χ1v) is 4.96. The summed E-state index contributed by atoms with van der Waals surface area (Å²) in [5.41, 5.74) is 0.166. The van der Waals surface area contributed by atoms with Crippen molar-refractivity contribution in [1.29, 1.82) is 0 Å². The summed E-state index contributed by atoms with van der Waals surface area (Å²) in [4.78, 5) is 11.0. The summed E-state index contributed by atoms with van der Waals surface area (Å²) < 4.78 is 36.6. The van der Waals surface area contributed by atoms with Crippen molar-refractivity contribution < 1.29 is 18.0 Å². The predicted octanol–water partition coefficient (Wildman–Crippen LogP) is 2.97. The van der Waals surface area contributed by atoms with E-state index >= 15 is 0 Å². The first-order valence-electron chi connectivity index (χ1n) is 4.43. The molecule has 0 spiro atoms. The highest BCUT2D eigenvalue weighted by atomic mass is 35.5. The van der Waals surface area contributed by atoms with Gasteiger partial charge in [-0.2, -0.15) is 13.2 Å². The number of hydrogen-bond donors (Lipinski definition) is 1. The molecule has 0 aliphatic rings. The average Bonchev–Trinajstić information content (AvgIpc) is 2.18. The van der Waals surface area contributed by atoms with Gasteiger partial charge in [-0.3, -0.25) is 4.79 Å². The minimum atomic E-state index is -4.30. The molecule has 0 radical (unpaired) electrons. The first kappa shape index (κ1) is 12.8. The largest absolute Gasteiger partial charge is 0.393 e. The molecule has 16 heavy (non-hydrogen) atoms. The molecule has 0 heterocycles. The van der Waals surface area contributed by atoms with Gasteiger partial charge in [0.05, 0.1) is 6.42 Å². The van der Waals surface area contributed by atoms with Gasteiger partial charge in [-0.15, -0.1) is 11.6 Å². The molecule has 1 amide bonds. The van der Waals surface area contributed by atoms with Gasteiger partial charge in [0.1, 0.15) is 5.88 Å². The van der Waals surface area contributed by atoms with E-state index in [0.717, 1.165) is 0 Å². The molecule has 2 nitrogen and oxygen atoms in total. The van der Waals surface area contributed by atoms with E-state index in [0.29, 0.717) is 0 Å². The molecule has 0 fully saturated rings. The van der Waals surface area contributed by atoms with Crippen LogP contribution >= 0.6 is 11.6 Å². The molecule has 0 aliphatic heterocycles. The average molecular weight is 252 g/mol. The summed E-state index contributed by atoms with van der Waals surface area (Å²) in [6.45, 7) is 0. The van der Waals surface area contributed by atoms with Gasteiger partial charge in [0.15, 0.2) is 0 Å². The minimum absolute atomic E-state index is 0.0217. The molecule has 1 aromatic rings. The Labute approximate surface area is 95.4 Å². The van der Waals surface area contributed by atoms with Gasteiger partial charge in [0.2, 0.25) is 5.91 Å². The van der Waals surface area contributed by atoms with E-state index < -0.39 is 18.5 Å². The van der Waals surface area contributed by atoms with E-state index in [1.807, 2.05) is 0 Å². The van der Waals surface area contributed by atoms with Crippen LogP contribution in [0.3, 0.4) is 0 Å². The predicted molar refractivity (Wildman–Crippen MR) is 55.6 cm³/mol. The lowest BCUT2D eigenvalue weighted by Crippen LogP contribution is -2.17. The molecule has 0 aromatic heterocycles. The van der Waals surface area contributed by atoms with Gasteiger partial charge >= 0.3 is 6.18 Å². The van der Waals surface area contributed by atoms with Crippen LogP contribution < -0.4 is 5.32 Å². The van der Waals surface area contributed by atoms with Crippen molar-refractivity contribution in [2.45, 2.75) is 12.6 Å². The molecular weight excluding hydrogens is 243 g/mol. The number of anilines is 1. The molecule has 1 N–H and O–H groups in total. The smallest absolute Gasteiger partial charge is 0.325 e. The molecule has 0 unspecified atom stereocenters. The third-order valence-corrected chi connectivity index (χ3v) is 2.05. The fourth-order valence-corrected chi connectivity index (χ4v) is 1.26. The number of carbonyl (C=O) groups is 1. The highest BCUT2D eigenvalue weighted by molar-refractivity contribution is 6.29. The van der Waals surface area contributed by atoms with Crippen molar-refractivity contribution in [1.82, 2.24) is 0 Å². The van der Waals surface area contributed by atoms with Crippen molar-refractivity contribution in [2.24, 2.45) is 0 Å². The number of benzene rings is 1. The highest BCUT2D eigenvalue weighted by Gasteiger charge is 2.28. The quantitative estimate of drug-likeness (QED) is 0.822. The molecule has 0 atom stereocenters. The second-order valence-electron chi connectivity index (χ2n) is 3.13. The lowest BCUT2D eigenvalue weighted by atomic mass is 10.1. The van der Waals surface area contributed by atoms with Crippen LogP contribution in [0.25, 0.3) is 0 Å². The Kier molecular flexibility index (Phi) is 4.18. The minimum Gasteiger partial charge on any atom is -0.325 e. The molecule has 0 saturated heterocycles. The van der Waals surface area contributed by atoms with Crippen LogP contribution in [-0.2, 0) is 11.2 Å². The Bertz CT molecular complexity index is 379. The van der Waals surface area contributed by atoms with Crippen LogP contribution in [0.4, 0.5) is 18.9 Å². The van der Waals surface area contributed by atoms with Gasteiger partial charge in [-0.1, -0.05) is 18.2 Å². The monoisotopic (exact) mass is 251 g/mol. The fraction of sp³-hybridized carbons (Fsp3) is 0.300. The zero-order chi connectivity index (χ0) is 12.2. The normalized spacial score (nSPS) is 11.2. The summed E-state index contributed by atoms with van der Waals surface area (Å²) in [5.74, 6) is -0.823. The molecule has 1 rings (SSSR count). The van der Waals surface area contributed by atoms with E-state index in [1.165, 1.54) is 18.2 Å². The maximum atomic E-state index is 12.2. The number of nitrogens with one attached hydrogen (secondary N) is 1. The second-order valence-corrected chi connectivity index (χ2v) is 3.40. The van der Waals surface area contributed by atoms with Crippen molar-refractivity contribution in [3.05, 3.63) is 29.8 Å². The zero-order valence-corrected chi connectivity index (χ0v) is 8.90. The van der Waals surface area contributed by atoms with Crippen LogP contribution in [0.1, 0.15) is 5.56 Å². The van der Waals surface area contributed by atoms with Gasteiger partial charge in [0.25, 0.3) is 0 Å². The number of halogens is 4. The van der Waals surface area contributed by atoms with Crippen molar-refractivity contribution in [3.8, 4) is 0 Å². The van der Waals surface area contributed by atoms with E-state index in [1.54, 1.807) is 6.07 Å². The maximum absolute atomic E-state index is 12.2. The standard InChI is InChI=1S/C10H9ClF3NO/c11-6-9(16)15-8-4-2-1-3-7(8)5-10(12,13)14/h1-4H,5-6H2,(H,15,16). The molecular formula is C10H9ClF3NO. The molecule has 0 bridgehead atoms. The van der Waals surface area contributed by atoms with Gasteiger partial charge < -0.3 is 5.32 Å². The Morgan fingerprint density at radius 2 is 1.94 bits per heavy atom. The Balaban J connectivity index is 2.87.